The number of pyridine rings is 1. The van der Waals surface area contributed by atoms with E-state index in [0.717, 1.165) is 5.56 Å². The summed E-state index contributed by atoms with van der Waals surface area (Å²) in [6, 6.07) is 13.8. The fourth-order valence-corrected chi connectivity index (χ4v) is 3.59. The summed E-state index contributed by atoms with van der Waals surface area (Å²) in [5.41, 5.74) is 0.760. The van der Waals surface area contributed by atoms with Crippen molar-refractivity contribution in [2.75, 3.05) is 37.9 Å². The van der Waals surface area contributed by atoms with Gasteiger partial charge in [-0.2, -0.15) is 25.3 Å². The summed E-state index contributed by atoms with van der Waals surface area (Å²) in [5.74, 6) is -0.488. The van der Waals surface area contributed by atoms with Crippen LogP contribution in [-0.2, 0) is 23.7 Å². The van der Waals surface area contributed by atoms with Crippen molar-refractivity contribution in [1.82, 2.24) is 4.98 Å². The maximum atomic E-state index is 12.9. The molecule has 0 saturated carbocycles. The van der Waals surface area contributed by atoms with Crippen LogP contribution < -0.4 is 0 Å². The van der Waals surface area contributed by atoms with Crippen LogP contribution in [0.15, 0.2) is 48.5 Å². The van der Waals surface area contributed by atoms with Gasteiger partial charge in [-0.25, -0.2) is 14.6 Å². The largest absolute Gasteiger partial charge is 0.455 e. The smallest absolute Gasteiger partial charge is 0.357 e. The number of benzene rings is 1. The van der Waals surface area contributed by atoms with Crippen molar-refractivity contribution in [3.8, 4) is 0 Å². The van der Waals surface area contributed by atoms with E-state index in [1.165, 1.54) is 12.1 Å². The van der Waals surface area contributed by atoms with Crippen molar-refractivity contribution in [3.63, 3.8) is 0 Å². The fourth-order valence-electron chi connectivity index (χ4n) is 3.21. The highest BCUT2D eigenvalue weighted by molar-refractivity contribution is 7.80. The molecule has 2 unspecified atom stereocenters. The molecule has 2 aromatic rings. The Morgan fingerprint density at radius 2 is 1.38 bits per heavy atom. The molecule has 0 fully saturated rings. The van der Waals surface area contributed by atoms with Crippen LogP contribution in [0, 0.1) is 0 Å². The minimum atomic E-state index is -0.686. The Hall–Kier alpha value is -2.11. The summed E-state index contributed by atoms with van der Waals surface area (Å²) in [6.45, 7) is 2.50. The number of carbonyl (C=O) groups excluding carboxylic acids is 2. The van der Waals surface area contributed by atoms with Gasteiger partial charge in [0.2, 0.25) is 0 Å². The lowest BCUT2D eigenvalue weighted by Gasteiger charge is -2.25. The Morgan fingerprint density at radius 3 is 2.00 bits per heavy atom. The van der Waals surface area contributed by atoms with Crippen molar-refractivity contribution in [2.24, 2.45) is 0 Å². The van der Waals surface area contributed by atoms with Crippen LogP contribution >= 0.6 is 25.3 Å². The second kappa shape index (κ2) is 13.7. The quantitative estimate of drug-likeness (QED) is 0.484. The first-order valence-electron chi connectivity index (χ1n) is 11.0. The van der Waals surface area contributed by atoms with E-state index in [4.69, 9.17) is 23.7 Å². The third-order valence-electron chi connectivity index (χ3n) is 4.92. The Kier molecular flexibility index (Phi) is 10.7. The van der Waals surface area contributed by atoms with Crippen LogP contribution in [0.2, 0.25) is 0 Å². The van der Waals surface area contributed by atoms with Crippen molar-refractivity contribution in [3.05, 3.63) is 65.5 Å². The minimum absolute atomic E-state index is 0.00289. The average molecular weight is 508 g/mol. The van der Waals surface area contributed by atoms with Crippen LogP contribution in [0.1, 0.15) is 39.6 Å². The number of esters is 2. The summed E-state index contributed by atoms with van der Waals surface area (Å²) in [5, 5.41) is 0. The van der Waals surface area contributed by atoms with Gasteiger partial charge < -0.3 is 23.7 Å². The lowest BCUT2D eigenvalue weighted by molar-refractivity contribution is -0.0844. The van der Waals surface area contributed by atoms with E-state index in [0.29, 0.717) is 11.5 Å². The van der Waals surface area contributed by atoms with E-state index in [1.807, 2.05) is 30.3 Å². The van der Waals surface area contributed by atoms with E-state index >= 15 is 0 Å². The molecule has 0 aliphatic carbocycles. The van der Waals surface area contributed by atoms with Gasteiger partial charge in [-0.15, -0.1) is 0 Å². The molecule has 0 amide bonds. The van der Waals surface area contributed by atoms with E-state index in [9.17, 15) is 9.59 Å². The van der Waals surface area contributed by atoms with Gasteiger partial charge in [0.1, 0.15) is 17.5 Å². The molecular weight excluding hydrogens is 478 g/mol. The van der Waals surface area contributed by atoms with Crippen molar-refractivity contribution >= 4 is 37.2 Å². The first-order valence-corrected chi connectivity index (χ1v) is 12.2. The minimum Gasteiger partial charge on any atom is -0.455 e. The van der Waals surface area contributed by atoms with Crippen LogP contribution in [0.4, 0.5) is 0 Å². The number of cyclic esters (lactones) is 2. The standard InChI is InChI=1S/C24H29NO7S2/c1-16-10-28-11-18(14-33)31-19(15-34)12-29-13-22(17-6-3-2-4-7-17)32-24(27)21-9-5-8-20(25-21)23(26)30-16/h2-9,16,18-19,22,33-34H,10-15H2,1H3/t16-,18?,19?,22+/m0/s1. The van der Waals surface area contributed by atoms with Crippen LogP contribution in [-0.4, -0.2) is 73.2 Å². The molecule has 8 nitrogen and oxygen atoms in total. The fraction of sp³-hybridized carbons (Fsp3) is 0.458. The number of nitrogens with zero attached hydrogens (tertiary/aromatic N) is 1. The number of hydrogen-bond donors (Lipinski definition) is 2. The van der Waals surface area contributed by atoms with Crippen molar-refractivity contribution < 1.29 is 33.3 Å². The van der Waals surface area contributed by atoms with Crippen molar-refractivity contribution in [2.45, 2.75) is 31.3 Å². The third kappa shape index (κ3) is 7.99. The number of ether oxygens (including phenoxy) is 5. The highest BCUT2D eigenvalue weighted by Crippen LogP contribution is 2.20. The second-order valence-corrected chi connectivity index (χ2v) is 8.48. The Bertz CT molecular complexity index is 931. The third-order valence-corrected chi connectivity index (χ3v) is 5.73. The predicted octanol–water partition coefficient (Wildman–Crippen LogP) is 3.19. The molecule has 4 atom stereocenters. The number of rotatable bonds is 3. The zero-order valence-electron chi connectivity index (χ0n) is 18.9. The molecule has 1 aromatic carbocycles. The number of carbonyl (C=O) groups is 2. The molecule has 0 radical (unpaired) electrons. The van der Waals surface area contributed by atoms with Gasteiger partial charge in [-0.05, 0) is 24.6 Å². The van der Waals surface area contributed by atoms with Gasteiger partial charge in [0, 0.05) is 11.5 Å². The summed E-state index contributed by atoms with van der Waals surface area (Å²) in [7, 11) is 0. The summed E-state index contributed by atoms with van der Waals surface area (Å²) in [4.78, 5) is 29.5. The molecule has 1 aliphatic rings. The topological polar surface area (TPSA) is 93.2 Å². The SMILES string of the molecule is C[C@H]1COCC(CS)OC(CS)COC[C@H](c2ccccc2)OC(=O)c2cccc(n2)C(=O)O1. The number of hydrogen-bond acceptors (Lipinski definition) is 10. The molecule has 2 bridgehead atoms. The maximum absolute atomic E-state index is 12.9. The molecule has 1 aromatic heterocycles. The molecule has 3 rings (SSSR count). The van der Waals surface area contributed by atoms with E-state index in [-0.39, 0.29) is 50.0 Å². The Morgan fingerprint density at radius 1 is 0.794 bits per heavy atom. The molecular formula is C24H29NO7S2. The van der Waals surface area contributed by atoms with Gasteiger partial charge in [0.25, 0.3) is 0 Å². The maximum Gasteiger partial charge on any atom is 0.357 e. The van der Waals surface area contributed by atoms with Gasteiger partial charge in [0.05, 0.1) is 38.6 Å². The zero-order valence-corrected chi connectivity index (χ0v) is 20.7. The molecule has 2 heterocycles. The molecule has 34 heavy (non-hydrogen) atoms. The van der Waals surface area contributed by atoms with Crippen LogP contribution in [0.5, 0.6) is 0 Å². The van der Waals surface area contributed by atoms with Gasteiger partial charge >= 0.3 is 11.9 Å². The van der Waals surface area contributed by atoms with Crippen LogP contribution in [0.3, 0.4) is 0 Å². The number of fused-ring (bicyclic) bond motifs is 2. The van der Waals surface area contributed by atoms with Crippen LogP contribution in [0.25, 0.3) is 0 Å². The summed E-state index contributed by atoms with van der Waals surface area (Å²) in [6.07, 6.45) is -1.83. The Balaban J connectivity index is 1.84. The van der Waals surface area contributed by atoms with E-state index in [2.05, 4.69) is 30.2 Å². The second-order valence-electron chi connectivity index (χ2n) is 7.75. The number of thiol groups is 2. The first kappa shape index (κ1) is 26.5. The normalized spacial score (nSPS) is 25.5. The van der Waals surface area contributed by atoms with Gasteiger partial charge in [-0.3, -0.25) is 0 Å². The summed E-state index contributed by atoms with van der Waals surface area (Å²) < 4.78 is 28.7. The van der Waals surface area contributed by atoms with Gasteiger partial charge in [0.15, 0.2) is 6.10 Å². The zero-order chi connectivity index (χ0) is 24.3. The highest BCUT2D eigenvalue weighted by Gasteiger charge is 2.23. The van der Waals surface area contributed by atoms with Gasteiger partial charge in [-0.1, -0.05) is 36.4 Å². The highest BCUT2D eigenvalue weighted by atomic mass is 32.1. The lowest BCUT2D eigenvalue weighted by Crippen LogP contribution is -2.33. The molecule has 0 spiro atoms. The van der Waals surface area contributed by atoms with Crippen molar-refractivity contribution in [1.29, 1.82) is 0 Å². The van der Waals surface area contributed by atoms with E-state index in [1.54, 1.807) is 13.0 Å². The number of aromatic nitrogens is 1. The summed E-state index contributed by atoms with van der Waals surface area (Å²) >= 11 is 8.70. The molecule has 0 saturated heterocycles. The average Bonchev–Trinajstić information content (AvgIpc) is 2.86. The molecule has 1 aliphatic heterocycles. The monoisotopic (exact) mass is 507 g/mol. The molecule has 0 N–H and O–H groups in total. The van der Waals surface area contributed by atoms with E-state index < -0.39 is 24.1 Å². The first-order chi connectivity index (χ1) is 16.5. The predicted molar refractivity (Wildman–Crippen MR) is 132 cm³/mol. The Labute approximate surface area is 210 Å². The molecule has 184 valence electrons. The molecule has 10 heteroatoms. The lowest BCUT2D eigenvalue weighted by atomic mass is 10.1.